The molecule has 0 aliphatic carbocycles. The molecule has 12 heavy (non-hydrogen) atoms. The smallest absolute Gasteiger partial charge is 0.407 e. The van der Waals surface area contributed by atoms with E-state index in [1.807, 2.05) is 6.92 Å². The third-order valence-electron chi connectivity index (χ3n) is 1.54. The minimum atomic E-state index is -0.381. The molecule has 0 rings (SSSR count). The molecular weight excluding hydrogens is 158 g/mol. The van der Waals surface area contributed by atoms with Crippen LogP contribution in [0.25, 0.3) is 0 Å². The van der Waals surface area contributed by atoms with Gasteiger partial charge in [0.05, 0.1) is 12.7 Å². The molecular formula is C8H17NO3. The molecule has 0 saturated heterocycles. The lowest BCUT2D eigenvalue weighted by Crippen LogP contribution is -2.33. The van der Waals surface area contributed by atoms with Gasteiger partial charge < -0.3 is 14.8 Å². The van der Waals surface area contributed by atoms with Gasteiger partial charge in [-0.25, -0.2) is 4.79 Å². The maximum atomic E-state index is 10.8. The molecule has 0 aliphatic heterocycles. The highest BCUT2D eigenvalue weighted by Crippen LogP contribution is 1.93. The summed E-state index contributed by atoms with van der Waals surface area (Å²) in [6.07, 6.45) is 0.575. The molecule has 0 aliphatic rings. The minimum Gasteiger partial charge on any atom is -0.450 e. The summed E-state index contributed by atoms with van der Waals surface area (Å²) in [5.74, 6) is 0. The van der Waals surface area contributed by atoms with Gasteiger partial charge in [0.1, 0.15) is 0 Å². The van der Waals surface area contributed by atoms with Gasteiger partial charge in [-0.2, -0.15) is 0 Å². The molecule has 0 bridgehead atoms. The zero-order chi connectivity index (χ0) is 9.40. The highest BCUT2D eigenvalue weighted by molar-refractivity contribution is 5.67. The fraction of sp³-hybridized carbons (Fsp3) is 0.875. The molecule has 1 unspecified atom stereocenters. The van der Waals surface area contributed by atoms with Gasteiger partial charge in [-0.3, -0.25) is 0 Å². The summed E-state index contributed by atoms with van der Waals surface area (Å²) >= 11 is 0. The van der Waals surface area contributed by atoms with Crippen LogP contribution in [0.5, 0.6) is 0 Å². The Morgan fingerprint density at radius 1 is 1.50 bits per heavy atom. The number of hydrogen-bond donors (Lipinski definition) is 1. The lowest BCUT2D eigenvalue weighted by atomic mass is 10.3. The van der Waals surface area contributed by atoms with Crippen LogP contribution in [0.2, 0.25) is 0 Å². The molecule has 1 atom stereocenters. The van der Waals surface area contributed by atoms with Crippen molar-refractivity contribution in [2.75, 3.05) is 20.3 Å². The number of hydrogen-bond acceptors (Lipinski definition) is 3. The fourth-order valence-corrected chi connectivity index (χ4v) is 0.774. The van der Waals surface area contributed by atoms with Gasteiger partial charge in [-0.05, 0) is 13.3 Å². The number of alkyl carbamates (subject to hydrolysis) is 1. The summed E-state index contributed by atoms with van der Waals surface area (Å²) < 4.78 is 9.73. The van der Waals surface area contributed by atoms with Gasteiger partial charge in [0.25, 0.3) is 0 Å². The van der Waals surface area contributed by atoms with Crippen LogP contribution in [0.15, 0.2) is 0 Å². The molecule has 0 aromatic rings. The van der Waals surface area contributed by atoms with Crippen LogP contribution in [0.4, 0.5) is 4.79 Å². The summed E-state index contributed by atoms with van der Waals surface area (Å²) in [6.45, 7) is 4.68. The van der Waals surface area contributed by atoms with Gasteiger partial charge in [0, 0.05) is 13.7 Å². The summed E-state index contributed by atoms with van der Waals surface area (Å²) in [5.41, 5.74) is 0. The fourth-order valence-electron chi connectivity index (χ4n) is 0.774. The standard InChI is InChI=1S/C8H17NO3/c1-4-7(11-3)6-9-8(10)12-5-2/h7H,4-6H2,1-3H3,(H,9,10). The van der Waals surface area contributed by atoms with E-state index in [2.05, 4.69) is 10.1 Å². The number of carbonyl (C=O) groups excluding carboxylic acids is 1. The Morgan fingerprint density at radius 3 is 2.58 bits per heavy atom. The molecule has 4 nitrogen and oxygen atoms in total. The molecule has 0 spiro atoms. The van der Waals surface area contributed by atoms with E-state index < -0.39 is 0 Å². The molecule has 72 valence electrons. The Bertz CT molecular complexity index is 123. The van der Waals surface area contributed by atoms with Gasteiger partial charge in [-0.15, -0.1) is 0 Å². The second-order valence-corrected chi connectivity index (χ2v) is 2.37. The molecule has 4 heteroatoms. The lowest BCUT2D eigenvalue weighted by Gasteiger charge is -2.13. The average Bonchev–Trinajstić information content (AvgIpc) is 2.07. The molecule has 1 N–H and O–H groups in total. The number of amides is 1. The Kier molecular flexibility index (Phi) is 6.47. The molecule has 1 amide bonds. The van der Waals surface area contributed by atoms with Crippen molar-refractivity contribution in [3.05, 3.63) is 0 Å². The monoisotopic (exact) mass is 175 g/mol. The van der Waals surface area contributed by atoms with E-state index in [-0.39, 0.29) is 12.2 Å². The highest BCUT2D eigenvalue weighted by atomic mass is 16.5. The first-order valence-electron chi connectivity index (χ1n) is 4.18. The van der Waals surface area contributed by atoms with Crippen molar-refractivity contribution >= 4 is 6.09 Å². The summed E-state index contributed by atoms with van der Waals surface area (Å²) in [4.78, 5) is 10.8. The van der Waals surface area contributed by atoms with E-state index >= 15 is 0 Å². The molecule has 0 aromatic carbocycles. The maximum absolute atomic E-state index is 10.8. The number of rotatable bonds is 5. The van der Waals surface area contributed by atoms with Crippen molar-refractivity contribution in [2.45, 2.75) is 26.4 Å². The van der Waals surface area contributed by atoms with Gasteiger partial charge in [0.2, 0.25) is 0 Å². The largest absolute Gasteiger partial charge is 0.450 e. The Labute approximate surface area is 73.2 Å². The minimum absolute atomic E-state index is 0.0782. The topological polar surface area (TPSA) is 47.6 Å². The van der Waals surface area contributed by atoms with Crippen molar-refractivity contribution in [3.63, 3.8) is 0 Å². The van der Waals surface area contributed by atoms with Crippen LogP contribution in [0.1, 0.15) is 20.3 Å². The zero-order valence-corrected chi connectivity index (χ0v) is 7.92. The van der Waals surface area contributed by atoms with Crippen LogP contribution < -0.4 is 5.32 Å². The molecule has 0 aromatic heterocycles. The number of methoxy groups -OCH3 is 1. The predicted octanol–water partition coefficient (Wildman–Crippen LogP) is 1.16. The summed E-state index contributed by atoms with van der Waals surface area (Å²) in [7, 11) is 1.63. The predicted molar refractivity (Wildman–Crippen MR) is 46.1 cm³/mol. The van der Waals surface area contributed by atoms with Crippen molar-refractivity contribution in [2.24, 2.45) is 0 Å². The molecule has 0 fully saturated rings. The number of ether oxygens (including phenoxy) is 2. The van der Waals surface area contributed by atoms with E-state index in [9.17, 15) is 4.79 Å². The second kappa shape index (κ2) is 6.91. The number of carbonyl (C=O) groups is 1. The Balaban J connectivity index is 3.44. The van der Waals surface area contributed by atoms with E-state index in [4.69, 9.17) is 4.74 Å². The second-order valence-electron chi connectivity index (χ2n) is 2.37. The summed E-state index contributed by atoms with van der Waals surface area (Å²) in [6, 6.07) is 0. The van der Waals surface area contributed by atoms with E-state index in [1.54, 1.807) is 14.0 Å². The van der Waals surface area contributed by atoms with Crippen LogP contribution in [0, 0.1) is 0 Å². The zero-order valence-electron chi connectivity index (χ0n) is 7.92. The Morgan fingerprint density at radius 2 is 2.17 bits per heavy atom. The molecule has 0 saturated carbocycles. The van der Waals surface area contributed by atoms with E-state index in [0.29, 0.717) is 13.2 Å². The number of nitrogens with one attached hydrogen (secondary N) is 1. The third-order valence-corrected chi connectivity index (χ3v) is 1.54. The van der Waals surface area contributed by atoms with E-state index in [0.717, 1.165) is 6.42 Å². The molecule has 0 heterocycles. The highest BCUT2D eigenvalue weighted by Gasteiger charge is 2.06. The van der Waals surface area contributed by atoms with Crippen molar-refractivity contribution in [1.82, 2.24) is 5.32 Å². The average molecular weight is 175 g/mol. The van der Waals surface area contributed by atoms with Crippen molar-refractivity contribution < 1.29 is 14.3 Å². The van der Waals surface area contributed by atoms with Gasteiger partial charge in [0.15, 0.2) is 0 Å². The molecule has 0 radical (unpaired) electrons. The first-order valence-corrected chi connectivity index (χ1v) is 4.18. The quantitative estimate of drug-likeness (QED) is 0.682. The van der Waals surface area contributed by atoms with Crippen LogP contribution in [-0.2, 0) is 9.47 Å². The van der Waals surface area contributed by atoms with Gasteiger partial charge >= 0.3 is 6.09 Å². The van der Waals surface area contributed by atoms with Crippen molar-refractivity contribution in [1.29, 1.82) is 0 Å². The lowest BCUT2D eigenvalue weighted by molar-refractivity contribution is 0.0926. The van der Waals surface area contributed by atoms with Gasteiger partial charge in [-0.1, -0.05) is 6.92 Å². The summed E-state index contributed by atoms with van der Waals surface area (Å²) in [5, 5.41) is 2.60. The van der Waals surface area contributed by atoms with Crippen molar-refractivity contribution in [3.8, 4) is 0 Å². The normalized spacial score (nSPS) is 12.2. The Hall–Kier alpha value is -0.770. The third kappa shape index (κ3) is 4.96. The first-order chi connectivity index (χ1) is 5.74. The van der Waals surface area contributed by atoms with Crippen LogP contribution in [0.3, 0.4) is 0 Å². The van der Waals surface area contributed by atoms with Crippen LogP contribution in [-0.4, -0.2) is 32.5 Å². The first kappa shape index (κ1) is 11.2. The maximum Gasteiger partial charge on any atom is 0.407 e. The van der Waals surface area contributed by atoms with Crippen LogP contribution >= 0.6 is 0 Å². The SMILES string of the molecule is CCOC(=O)NCC(CC)OC. The van der Waals surface area contributed by atoms with E-state index in [1.165, 1.54) is 0 Å².